The standard InChI is InChI=1S/C21H23N5O2/c1-24(13-7-12-19-22-15-8-3-4-9-16(15)23-19)20(27)14-26-18-11-6-5-10-17(18)25(2)21(26)28/h3-6,8-11H,7,12-14H2,1-2H3,(H,22,23). The summed E-state index contributed by atoms with van der Waals surface area (Å²) in [6.45, 7) is 0.650. The van der Waals surface area contributed by atoms with Crippen LogP contribution in [0.15, 0.2) is 53.3 Å². The number of H-pyrrole nitrogens is 1. The molecule has 2 aromatic carbocycles. The van der Waals surface area contributed by atoms with Crippen LogP contribution in [0.25, 0.3) is 22.1 Å². The van der Waals surface area contributed by atoms with Gasteiger partial charge in [-0.3, -0.25) is 13.9 Å². The molecular weight excluding hydrogens is 354 g/mol. The van der Waals surface area contributed by atoms with E-state index in [-0.39, 0.29) is 18.1 Å². The number of hydrogen-bond acceptors (Lipinski definition) is 3. The molecule has 0 atom stereocenters. The highest BCUT2D eigenvalue weighted by Crippen LogP contribution is 2.13. The number of aromatic nitrogens is 4. The number of fused-ring (bicyclic) bond motifs is 2. The van der Waals surface area contributed by atoms with Gasteiger partial charge >= 0.3 is 5.69 Å². The zero-order valence-electron chi connectivity index (χ0n) is 16.1. The highest BCUT2D eigenvalue weighted by Gasteiger charge is 2.16. The Morgan fingerprint density at radius 3 is 2.61 bits per heavy atom. The summed E-state index contributed by atoms with van der Waals surface area (Å²) in [6.07, 6.45) is 1.56. The van der Waals surface area contributed by atoms with Gasteiger partial charge in [-0.2, -0.15) is 0 Å². The Hall–Kier alpha value is -3.35. The van der Waals surface area contributed by atoms with E-state index in [1.54, 1.807) is 23.6 Å². The van der Waals surface area contributed by atoms with Crippen molar-refractivity contribution in [2.75, 3.05) is 13.6 Å². The molecule has 4 aromatic rings. The van der Waals surface area contributed by atoms with Crippen molar-refractivity contribution < 1.29 is 4.79 Å². The monoisotopic (exact) mass is 377 g/mol. The summed E-state index contributed by atoms with van der Waals surface area (Å²) in [5, 5.41) is 0. The zero-order valence-corrected chi connectivity index (χ0v) is 16.1. The zero-order chi connectivity index (χ0) is 19.7. The minimum absolute atomic E-state index is 0.0430. The van der Waals surface area contributed by atoms with E-state index in [0.717, 1.165) is 40.7 Å². The fourth-order valence-electron chi connectivity index (χ4n) is 3.50. The summed E-state index contributed by atoms with van der Waals surface area (Å²) in [5.41, 5.74) is 3.41. The number of carbonyl (C=O) groups excluding carboxylic acids is 1. The molecular formula is C21H23N5O2. The molecule has 0 aliphatic heterocycles. The molecule has 1 amide bonds. The molecule has 0 saturated carbocycles. The van der Waals surface area contributed by atoms with Gasteiger partial charge < -0.3 is 9.88 Å². The van der Waals surface area contributed by atoms with Crippen LogP contribution in [0.1, 0.15) is 12.2 Å². The van der Waals surface area contributed by atoms with E-state index < -0.39 is 0 Å². The first-order valence-corrected chi connectivity index (χ1v) is 9.36. The van der Waals surface area contributed by atoms with Crippen LogP contribution >= 0.6 is 0 Å². The minimum Gasteiger partial charge on any atom is -0.344 e. The fraction of sp³-hybridized carbons (Fsp3) is 0.286. The first-order valence-electron chi connectivity index (χ1n) is 9.36. The molecule has 0 bridgehead atoms. The Morgan fingerprint density at radius 2 is 1.82 bits per heavy atom. The lowest BCUT2D eigenvalue weighted by atomic mass is 10.3. The van der Waals surface area contributed by atoms with E-state index in [2.05, 4.69) is 9.97 Å². The predicted molar refractivity (Wildman–Crippen MR) is 109 cm³/mol. The summed E-state index contributed by atoms with van der Waals surface area (Å²) >= 11 is 0. The molecule has 28 heavy (non-hydrogen) atoms. The summed E-state index contributed by atoms with van der Waals surface area (Å²) < 4.78 is 3.11. The van der Waals surface area contributed by atoms with E-state index in [1.807, 2.05) is 48.5 Å². The number of likely N-dealkylation sites (N-methyl/N-ethyl adjacent to an activating group) is 1. The van der Waals surface area contributed by atoms with Crippen molar-refractivity contribution in [3.63, 3.8) is 0 Å². The number of carbonyl (C=O) groups is 1. The van der Waals surface area contributed by atoms with Gasteiger partial charge in [0.05, 0.1) is 22.1 Å². The summed E-state index contributed by atoms with van der Waals surface area (Å²) in [5.74, 6) is 0.843. The molecule has 2 heterocycles. The molecule has 2 aromatic heterocycles. The molecule has 4 rings (SSSR count). The van der Waals surface area contributed by atoms with Crippen LogP contribution in [0.5, 0.6) is 0 Å². The van der Waals surface area contributed by atoms with E-state index in [1.165, 1.54) is 4.57 Å². The van der Waals surface area contributed by atoms with Crippen molar-refractivity contribution in [3.8, 4) is 0 Å². The number of aryl methyl sites for hydroxylation is 2. The highest BCUT2D eigenvalue weighted by molar-refractivity contribution is 5.80. The van der Waals surface area contributed by atoms with Gasteiger partial charge in [0.25, 0.3) is 0 Å². The number of para-hydroxylation sites is 4. The van der Waals surface area contributed by atoms with Gasteiger partial charge in [0.1, 0.15) is 12.4 Å². The summed E-state index contributed by atoms with van der Waals surface area (Å²) in [6, 6.07) is 15.4. The Balaban J connectivity index is 1.39. The number of hydrogen-bond donors (Lipinski definition) is 1. The van der Waals surface area contributed by atoms with Crippen LogP contribution in [0.3, 0.4) is 0 Å². The average molecular weight is 377 g/mol. The molecule has 144 valence electrons. The fourth-order valence-corrected chi connectivity index (χ4v) is 3.50. The highest BCUT2D eigenvalue weighted by atomic mass is 16.2. The largest absolute Gasteiger partial charge is 0.344 e. The molecule has 7 nitrogen and oxygen atoms in total. The molecule has 0 saturated heterocycles. The Morgan fingerprint density at radius 1 is 1.11 bits per heavy atom. The normalized spacial score (nSPS) is 11.4. The first kappa shape index (κ1) is 18.0. The maximum atomic E-state index is 12.6. The topological polar surface area (TPSA) is 75.9 Å². The molecule has 7 heteroatoms. The van der Waals surface area contributed by atoms with Crippen molar-refractivity contribution in [2.45, 2.75) is 19.4 Å². The third-order valence-electron chi connectivity index (χ3n) is 5.12. The van der Waals surface area contributed by atoms with Crippen LogP contribution in [0, 0.1) is 0 Å². The number of imidazole rings is 2. The number of rotatable bonds is 6. The van der Waals surface area contributed by atoms with E-state index in [9.17, 15) is 9.59 Å². The second kappa shape index (κ2) is 7.34. The smallest absolute Gasteiger partial charge is 0.329 e. The maximum Gasteiger partial charge on any atom is 0.329 e. The Labute approximate surface area is 162 Å². The maximum absolute atomic E-state index is 12.6. The van der Waals surface area contributed by atoms with Crippen LogP contribution in [-0.4, -0.2) is 43.5 Å². The van der Waals surface area contributed by atoms with Crippen LogP contribution in [0.2, 0.25) is 0 Å². The lowest BCUT2D eigenvalue weighted by Crippen LogP contribution is -2.34. The lowest BCUT2D eigenvalue weighted by molar-refractivity contribution is -0.130. The Kier molecular flexibility index (Phi) is 4.73. The van der Waals surface area contributed by atoms with E-state index in [4.69, 9.17) is 0 Å². The Bertz CT molecular complexity index is 1170. The average Bonchev–Trinajstić information content (AvgIpc) is 3.22. The van der Waals surface area contributed by atoms with Crippen molar-refractivity contribution in [1.82, 2.24) is 24.0 Å². The predicted octanol–water partition coefficient (Wildman–Crippen LogP) is 2.31. The number of aromatic amines is 1. The van der Waals surface area contributed by atoms with E-state index in [0.29, 0.717) is 6.54 Å². The number of benzene rings is 2. The van der Waals surface area contributed by atoms with Gasteiger partial charge in [0.2, 0.25) is 5.91 Å². The quantitative estimate of drug-likeness (QED) is 0.560. The van der Waals surface area contributed by atoms with E-state index >= 15 is 0 Å². The molecule has 0 aliphatic rings. The molecule has 0 fully saturated rings. The second-order valence-electron chi connectivity index (χ2n) is 7.04. The van der Waals surface area contributed by atoms with Crippen molar-refractivity contribution in [3.05, 3.63) is 64.8 Å². The van der Waals surface area contributed by atoms with Gasteiger partial charge in [-0.05, 0) is 30.7 Å². The first-order chi connectivity index (χ1) is 13.5. The third kappa shape index (κ3) is 3.31. The third-order valence-corrected chi connectivity index (χ3v) is 5.12. The van der Waals surface area contributed by atoms with Crippen LogP contribution in [-0.2, 0) is 24.8 Å². The number of nitrogens with one attached hydrogen (secondary N) is 1. The van der Waals surface area contributed by atoms with Crippen molar-refractivity contribution in [1.29, 1.82) is 0 Å². The number of amides is 1. The van der Waals surface area contributed by atoms with Crippen molar-refractivity contribution in [2.24, 2.45) is 7.05 Å². The lowest BCUT2D eigenvalue weighted by Gasteiger charge is -2.17. The SMILES string of the molecule is CN(CCCc1nc2ccccc2[nH]1)C(=O)Cn1c(=O)n(C)c2ccccc21. The minimum atomic E-state index is -0.176. The van der Waals surface area contributed by atoms with Gasteiger partial charge in [0.15, 0.2) is 0 Å². The van der Waals surface area contributed by atoms with Gasteiger partial charge in [-0.25, -0.2) is 9.78 Å². The molecule has 0 radical (unpaired) electrons. The van der Waals surface area contributed by atoms with Gasteiger partial charge in [0, 0.05) is 27.1 Å². The van der Waals surface area contributed by atoms with Gasteiger partial charge in [-0.1, -0.05) is 24.3 Å². The summed E-state index contributed by atoms with van der Waals surface area (Å²) in [4.78, 5) is 34.7. The van der Waals surface area contributed by atoms with Crippen LogP contribution < -0.4 is 5.69 Å². The van der Waals surface area contributed by atoms with Gasteiger partial charge in [-0.15, -0.1) is 0 Å². The molecule has 0 unspecified atom stereocenters. The van der Waals surface area contributed by atoms with Crippen molar-refractivity contribution >= 4 is 28.0 Å². The second-order valence-corrected chi connectivity index (χ2v) is 7.04. The summed E-state index contributed by atoms with van der Waals surface area (Å²) in [7, 11) is 3.50. The van der Waals surface area contributed by atoms with Crippen LogP contribution in [0.4, 0.5) is 0 Å². The molecule has 0 aliphatic carbocycles. The number of nitrogens with zero attached hydrogens (tertiary/aromatic N) is 4. The molecule has 1 N–H and O–H groups in total. The molecule has 0 spiro atoms.